The molecule has 13 heavy (non-hydrogen) atoms. The molecule has 1 N–H and O–H groups in total. The molecule has 72 valence electrons. The van der Waals surface area contributed by atoms with Crippen LogP contribution in [-0.4, -0.2) is 20.8 Å². The highest BCUT2D eigenvalue weighted by Gasteiger charge is 2.12. The van der Waals surface area contributed by atoms with Gasteiger partial charge in [0.1, 0.15) is 5.82 Å². The van der Waals surface area contributed by atoms with Crippen LogP contribution in [0.25, 0.3) is 0 Å². The van der Waals surface area contributed by atoms with Crippen molar-refractivity contribution in [2.24, 2.45) is 0 Å². The summed E-state index contributed by atoms with van der Waals surface area (Å²) in [4.78, 5) is 4.49. The molecule has 0 bridgehead atoms. The Labute approximate surface area is 78.4 Å². The highest BCUT2D eigenvalue weighted by Crippen LogP contribution is 2.15. The van der Waals surface area contributed by atoms with Gasteiger partial charge in [0.2, 0.25) is 0 Å². The second kappa shape index (κ2) is 3.50. The van der Waals surface area contributed by atoms with E-state index in [0.29, 0.717) is 6.42 Å². The van der Waals surface area contributed by atoms with Gasteiger partial charge in [0.25, 0.3) is 0 Å². The van der Waals surface area contributed by atoms with Crippen LogP contribution in [0.15, 0.2) is 6.20 Å². The van der Waals surface area contributed by atoms with E-state index in [2.05, 4.69) is 15.7 Å². The highest BCUT2D eigenvalue weighted by molar-refractivity contribution is 5.06. The van der Waals surface area contributed by atoms with Gasteiger partial charge in [-0.25, -0.2) is 4.98 Å². The third-order valence-corrected chi connectivity index (χ3v) is 2.46. The van der Waals surface area contributed by atoms with Crippen molar-refractivity contribution in [1.29, 1.82) is 0 Å². The fourth-order valence-electron chi connectivity index (χ4n) is 1.87. The molecule has 0 saturated heterocycles. The molecule has 0 saturated carbocycles. The third kappa shape index (κ3) is 1.91. The molecular weight excluding hydrogens is 164 g/mol. The molecule has 1 aromatic rings. The van der Waals surface area contributed by atoms with Gasteiger partial charge < -0.3 is 9.67 Å². The minimum Gasteiger partial charge on any atom is -0.393 e. The Bertz CT molecular complexity index is 268. The lowest BCUT2D eigenvalue weighted by atomic mass is 10.2. The van der Waals surface area contributed by atoms with Crippen molar-refractivity contribution in [3.8, 4) is 0 Å². The molecule has 3 heteroatoms. The Balaban J connectivity index is 2.15. The number of aromatic nitrogens is 2. The van der Waals surface area contributed by atoms with Crippen molar-refractivity contribution in [2.75, 3.05) is 0 Å². The van der Waals surface area contributed by atoms with E-state index < -0.39 is 0 Å². The third-order valence-electron chi connectivity index (χ3n) is 2.46. The summed E-state index contributed by atoms with van der Waals surface area (Å²) in [6.07, 6.45) is 6.10. The van der Waals surface area contributed by atoms with Crippen molar-refractivity contribution >= 4 is 0 Å². The molecule has 1 atom stereocenters. The van der Waals surface area contributed by atoms with Crippen LogP contribution in [0.1, 0.15) is 31.3 Å². The SMILES string of the molecule is C[C@H](O)Cc1cn2c(n1)CCCC2. The number of nitrogens with zero attached hydrogens (tertiary/aromatic N) is 2. The summed E-state index contributed by atoms with van der Waals surface area (Å²) in [5.41, 5.74) is 1.03. The second-order valence-corrected chi connectivity index (χ2v) is 3.85. The molecule has 3 nitrogen and oxygen atoms in total. The second-order valence-electron chi connectivity index (χ2n) is 3.85. The smallest absolute Gasteiger partial charge is 0.108 e. The molecule has 0 amide bonds. The van der Waals surface area contributed by atoms with Crippen LogP contribution in [0.2, 0.25) is 0 Å². The summed E-state index contributed by atoms with van der Waals surface area (Å²) >= 11 is 0. The first-order chi connectivity index (χ1) is 6.25. The van der Waals surface area contributed by atoms with Crippen molar-refractivity contribution in [3.05, 3.63) is 17.7 Å². The van der Waals surface area contributed by atoms with Gasteiger partial charge in [0, 0.05) is 25.6 Å². The Hall–Kier alpha value is -0.830. The molecule has 0 spiro atoms. The Kier molecular flexibility index (Phi) is 2.36. The van der Waals surface area contributed by atoms with Gasteiger partial charge in [-0.15, -0.1) is 0 Å². The lowest BCUT2D eigenvalue weighted by Gasteiger charge is -2.11. The van der Waals surface area contributed by atoms with Crippen molar-refractivity contribution in [1.82, 2.24) is 9.55 Å². The summed E-state index contributed by atoms with van der Waals surface area (Å²) in [5.74, 6) is 1.20. The van der Waals surface area contributed by atoms with E-state index in [1.807, 2.05) is 0 Å². The molecule has 0 radical (unpaired) electrons. The molecule has 2 rings (SSSR count). The molecule has 0 aromatic carbocycles. The van der Waals surface area contributed by atoms with E-state index in [1.165, 1.54) is 18.7 Å². The fraction of sp³-hybridized carbons (Fsp3) is 0.700. The Morgan fingerprint density at radius 2 is 2.46 bits per heavy atom. The quantitative estimate of drug-likeness (QED) is 0.741. The lowest BCUT2D eigenvalue weighted by Crippen LogP contribution is -2.08. The van der Waals surface area contributed by atoms with Gasteiger partial charge in [-0.1, -0.05) is 0 Å². The van der Waals surface area contributed by atoms with Crippen molar-refractivity contribution in [2.45, 2.75) is 45.3 Å². The summed E-state index contributed by atoms with van der Waals surface area (Å²) < 4.78 is 2.22. The van der Waals surface area contributed by atoms with E-state index in [-0.39, 0.29) is 6.10 Å². The van der Waals surface area contributed by atoms with Crippen LogP contribution in [-0.2, 0) is 19.4 Å². The highest BCUT2D eigenvalue weighted by atomic mass is 16.3. The molecule has 1 aliphatic rings. The number of aliphatic hydroxyl groups excluding tert-OH is 1. The fourth-order valence-corrected chi connectivity index (χ4v) is 1.87. The van der Waals surface area contributed by atoms with Crippen LogP contribution in [0.3, 0.4) is 0 Å². The molecule has 2 heterocycles. The number of fused-ring (bicyclic) bond motifs is 1. The van der Waals surface area contributed by atoms with Crippen LogP contribution < -0.4 is 0 Å². The van der Waals surface area contributed by atoms with Crippen LogP contribution in [0.4, 0.5) is 0 Å². The van der Waals surface area contributed by atoms with Gasteiger partial charge in [-0.05, 0) is 19.8 Å². The Morgan fingerprint density at radius 3 is 3.15 bits per heavy atom. The predicted molar refractivity (Wildman–Crippen MR) is 50.5 cm³/mol. The maximum atomic E-state index is 9.22. The van der Waals surface area contributed by atoms with Crippen LogP contribution in [0, 0.1) is 0 Å². The van der Waals surface area contributed by atoms with Crippen molar-refractivity contribution < 1.29 is 5.11 Å². The Morgan fingerprint density at radius 1 is 1.62 bits per heavy atom. The zero-order chi connectivity index (χ0) is 9.26. The summed E-state index contributed by atoms with van der Waals surface area (Å²) in [7, 11) is 0. The average Bonchev–Trinajstić information content (AvgIpc) is 2.44. The summed E-state index contributed by atoms with van der Waals surface area (Å²) in [5, 5.41) is 9.22. The monoisotopic (exact) mass is 180 g/mol. The first kappa shape index (κ1) is 8.75. The zero-order valence-electron chi connectivity index (χ0n) is 8.03. The first-order valence-corrected chi connectivity index (χ1v) is 4.98. The van der Waals surface area contributed by atoms with Crippen LogP contribution >= 0.6 is 0 Å². The van der Waals surface area contributed by atoms with Crippen molar-refractivity contribution in [3.63, 3.8) is 0 Å². The van der Waals surface area contributed by atoms with E-state index in [9.17, 15) is 5.11 Å². The van der Waals surface area contributed by atoms with E-state index >= 15 is 0 Å². The molecular formula is C10H16N2O. The number of imidazole rings is 1. The number of hydrogen-bond donors (Lipinski definition) is 1. The zero-order valence-corrected chi connectivity index (χ0v) is 8.03. The van der Waals surface area contributed by atoms with Gasteiger partial charge in [0.15, 0.2) is 0 Å². The average molecular weight is 180 g/mol. The molecule has 0 aliphatic carbocycles. The number of hydrogen-bond acceptors (Lipinski definition) is 2. The number of rotatable bonds is 2. The van der Waals surface area contributed by atoms with E-state index in [4.69, 9.17) is 0 Å². The van der Waals surface area contributed by atoms with Gasteiger partial charge in [0.05, 0.1) is 11.8 Å². The minimum absolute atomic E-state index is 0.281. The summed E-state index contributed by atoms with van der Waals surface area (Å²) in [6.45, 7) is 2.90. The standard InChI is InChI=1S/C10H16N2O/c1-8(13)6-9-7-12-5-3-2-4-10(12)11-9/h7-8,13H,2-6H2,1H3/t8-/m0/s1. The molecule has 0 fully saturated rings. The lowest BCUT2D eigenvalue weighted by molar-refractivity contribution is 0.194. The predicted octanol–water partition coefficient (Wildman–Crippen LogP) is 1.14. The van der Waals surface area contributed by atoms with Crippen LogP contribution in [0.5, 0.6) is 0 Å². The van der Waals surface area contributed by atoms with Gasteiger partial charge in [-0.3, -0.25) is 0 Å². The van der Waals surface area contributed by atoms with E-state index in [1.54, 1.807) is 6.92 Å². The molecule has 1 aromatic heterocycles. The normalized spacial score (nSPS) is 18.3. The number of aryl methyl sites for hydroxylation is 2. The first-order valence-electron chi connectivity index (χ1n) is 4.98. The largest absolute Gasteiger partial charge is 0.393 e. The summed E-state index contributed by atoms with van der Waals surface area (Å²) in [6, 6.07) is 0. The molecule has 1 aliphatic heterocycles. The maximum absolute atomic E-state index is 9.22. The minimum atomic E-state index is -0.281. The molecule has 0 unspecified atom stereocenters. The topological polar surface area (TPSA) is 38.0 Å². The van der Waals surface area contributed by atoms with Gasteiger partial charge in [-0.2, -0.15) is 0 Å². The maximum Gasteiger partial charge on any atom is 0.108 e. The van der Waals surface area contributed by atoms with Gasteiger partial charge >= 0.3 is 0 Å². The van der Waals surface area contributed by atoms with E-state index in [0.717, 1.165) is 18.7 Å². The number of aliphatic hydroxyl groups is 1.